The summed E-state index contributed by atoms with van der Waals surface area (Å²) in [7, 11) is 0. The molecule has 0 N–H and O–H groups in total. The largest absolute Gasteiger partial charge is 0.292 e. The first-order valence-electron chi connectivity index (χ1n) is 8.00. The van der Waals surface area contributed by atoms with Crippen LogP contribution in [0.4, 0.5) is 0 Å². The third-order valence-corrected chi connectivity index (χ3v) is 3.91. The molecule has 1 heteroatoms. The lowest BCUT2D eigenvalue weighted by Crippen LogP contribution is -2.47. The molecular formula is C19H27N. The van der Waals surface area contributed by atoms with Gasteiger partial charge in [0.2, 0.25) is 0 Å². The van der Waals surface area contributed by atoms with Crippen LogP contribution in [0.25, 0.3) is 0 Å². The van der Waals surface area contributed by atoms with Crippen molar-refractivity contribution in [2.75, 3.05) is 13.1 Å². The lowest BCUT2D eigenvalue weighted by molar-refractivity contribution is 0.0790. The van der Waals surface area contributed by atoms with Gasteiger partial charge in [-0.25, -0.2) is 0 Å². The van der Waals surface area contributed by atoms with Crippen LogP contribution in [0.2, 0.25) is 0 Å². The lowest BCUT2D eigenvalue weighted by Gasteiger charge is -2.44. The predicted octanol–water partition coefficient (Wildman–Crippen LogP) is 4.98. The number of likely N-dealkylation sites (tertiary alicyclic amines) is 1. The minimum absolute atomic E-state index is 0.471. The molecule has 108 valence electrons. The highest BCUT2D eigenvalue weighted by atomic mass is 15.2. The van der Waals surface area contributed by atoms with Gasteiger partial charge in [-0.3, -0.25) is 4.90 Å². The number of hydrogen-bond acceptors (Lipinski definition) is 1. The summed E-state index contributed by atoms with van der Waals surface area (Å²) in [6.07, 6.45) is 9.44. The van der Waals surface area contributed by atoms with Crippen molar-refractivity contribution in [1.82, 2.24) is 4.90 Å². The van der Waals surface area contributed by atoms with Crippen molar-refractivity contribution in [2.45, 2.75) is 39.7 Å². The van der Waals surface area contributed by atoms with Crippen molar-refractivity contribution >= 4 is 0 Å². The van der Waals surface area contributed by atoms with E-state index in [0.29, 0.717) is 6.04 Å². The van der Waals surface area contributed by atoms with Gasteiger partial charge in [-0.05, 0) is 29.9 Å². The van der Waals surface area contributed by atoms with Gasteiger partial charge in [0.05, 0.1) is 6.04 Å². The van der Waals surface area contributed by atoms with Crippen LogP contribution in [-0.2, 0) is 0 Å². The van der Waals surface area contributed by atoms with E-state index in [1.54, 1.807) is 0 Å². The second-order valence-corrected chi connectivity index (χ2v) is 5.56. The monoisotopic (exact) mass is 269 g/mol. The molecule has 0 spiro atoms. The molecule has 1 nitrogen and oxygen atoms in total. The average Bonchev–Trinajstić information content (AvgIpc) is 2.50. The Kier molecular flexibility index (Phi) is 5.60. The highest BCUT2D eigenvalue weighted by molar-refractivity contribution is 5.36. The zero-order chi connectivity index (χ0) is 14.4. The van der Waals surface area contributed by atoms with Crippen LogP contribution in [0, 0.1) is 5.92 Å². The van der Waals surface area contributed by atoms with Crippen LogP contribution in [0.3, 0.4) is 0 Å². The van der Waals surface area contributed by atoms with E-state index in [9.17, 15) is 0 Å². The zero-order valence-electron chi connectivity index (χ0n) is 13.0. The highest BCUT2D eigenvalue weighted by Crippen LogP contribution is 2.36. The molecule has 0 bridgehead atoms. The van der Waals surface area contributed by atoms with Gasteiger partial charge in [0, 0.05) is 13.1 Å². The van der Waals surface area contributed by atoms with Crippen LogP contribution in [0.5, 0.6) is 0 Å². The summed E-state index contributed by atoms with van der Waals surface area (Å²) >= 11 is 0. The maximum absolute atomic E-state index is 2.60. The van der Waals surface area contributed by atoms with E-state index in [0.717, 1.165) is 5.92 Å². The number of allylic oxidation sites excluding steroid dienone is 2. The Labute approximate surface area is 124 Å². The molecule has 2 aliphatic rings. The predicted molar refractivity (Wildman–Crippen MR) is 87.7 cm³/mol. The molecule has 1 aromatic rings. The summed E-state index contributed by atoms with van der Waals surface area (Å²) in [4.78, 5) is 2.60. The topological polar surface area (TPSA) is 3.24 Å². The van der Waals surface area contributed by atoms with E-state index in [-0.39, 0.29) is 0 Å². The fourth-order valence-corrected chi connectivity index (χ4v) is 3.04. The molecule has 0 saturated carbocycles. The molecule has 1 aromatic carbocycles. The molecule has 3 rings (SSSR count). The fourth-order valence-electron chi connectivity index (χ4n) is 3.04. The summed E-state index contributed by atoms with van der Waals surface area (Å²) in [5, 5.41) is 0. The molecule has 1 aliphatic carbocycles. The average molecular weight is 269 g/mol. The summed E-state index contributed by atoms with van der Waals surface area (Å²) in [5.74, 6) is 0.851. The summed E-state index contributed by atoms with van der Waals surface area (Å²) < 4.78 is 0. The highest BCUT2D eigenvalue weighted by Gasteiger charge is 2.31. The van der Waals surface area contributed by atoms with Gasteiger partial charge in [-0.15, -0.1) is 0 Å². The summed E-state index contributed by atoms with van der Waals surface area (Å²) in [6.45, 7) is 8.79. The van der Waals surface area contributed by atoms with Crippen molar-refractivity contribution in [3.05, 3.63) is 59.7 Å². The Morgan fingerprint density at radius 3 is 2.30 bits per heavy atom. The van der Waals surface area contributed by atoms with Crippen LogP contribution in [-0.4, -0.2) is 18.0 Å². The molecule has 20 heavy (non-hydrogen) atoms. The molecule has 1 unspecified atom stereocenters. The van der Waals surface area contributed by atoms with Crippen LogP contribution >= 0.6 is 0 Å². The first-order chi connectivity index (χ1) is 9.84. The Balaban J connectivity index is 0.000000704. The van der Waals surface area contributed by atoms with E-state index in [2.05, 4.69) is 60.4 Å². The molecular weight excluding hydrogens is 242 g/mol. The first-order valence-corrected chi connectivity index (χ1v) is 8.00. The van der Waals surface area contributed by atoms with Gasteiger partial charge in [-0.2, -0.15) is 0 Å². The van der Waals surface area contributed by atoms with Crippen molar-refractivity contribution in [1.29, 1.82) is 0 Å². The van der Waals surface area contributed by atoms with E-state index in [1.807, 2.05) is 13.8 Å². The van der Waals surface area contributed by atoms with Crippen molar-refractivity contribution < 1.29 is 0 Å². The summed E-state index contributed by atoms with van der Waals surface area (Å²) in [5.41, 5.74) is 2.92. The second-order valence-electron chi connectivity index (χ2n) is 5.56. The van der Waals surface area contributed by atoms with Gasteiger partial charge >= 0.3 is 0 Å². The molecule has 1 saturated heterocycles. The van der Waals surface area contributed by atoms with Crippen LogP contribution in [0.1, 0.15) is 45.2 Å². The Morgan fingerprint density at radius 2 is 1.75 bits per heavy atom. The lowest BCUT2D eigenvalue weighted by atomic mass is 9.89. The number of rotatable bonds is 3. The fraction of sp³-hybridized carbons (Fsp3) is 0.474. The molecule has 0 amide bonds. The van der Waals surface area contributed by atoms with Crippen LogP contribution < -0.4 is 0 Å². The minimum Gasteiger partial charge on any atom is -0.292 e. The number of nitrogens with zero attached hydrogens (tertiary/aromatic N) is 1. The third-order valence-electron chi connectivity index (χ3n) is 3.91. The molecule has 1 atom stereocenters. The Hall–Kier alpha value is -1.34. The van der Waals surface area contributed by atoms with Gasteiger partial charge in [0.1, 0.15) is 0 Å². The molecule has 0 aromatic heterocycles. The molecule has 1 aliphatic heterocycles. The standard InChI is InChI=1S/C17H21N.C2H6/c1-14-12-18(13-14)17(15-8-4-2-5-9-15)16-10-6-3-7-11-16;1-2/h2,4-6,8-11,14,17H,3,7,12-13H2,1H3;1-2H3. The Morgan fingerprint density at radius 1 is 1.05 bits per heavy atom. The quantitative estimate of drug-likeness (QED) is 0.748. The third kappa shape index (κ3) is 3.40. The normalized spacial score (nSPS) is 20.4. The van der Waals surface area contributed by atoms with E-state index in [1.165, 1.54) is 37.1 Å². The number of hydrogen-bond donors (Lipinski definition) is 0. The summed E-state index contributed by atoms with van der Waals surface area (Å²) in [6, 6.07) is 11.4. The van der Waals surface area contributed by atoms with Gasteiger partial charge in [0.25, 0.3) is 0 Å². The Bertz CT molecular complexity index is 452. The minimum atomic E-state index is 0.471. The molecule has 0 radical (unpaired) electrons. The SMILES string of the molecule is CC.CC1CN(C(C2=CCCC=C2)c2ccccc2)C1. The molecule has 1 fully saturated rings. The maximum Gasteiger partial charge on any atom is 0.0598 e. The number of benzene rings is 1. The second kappa shape index (κ2) is 7.44. The first kappa shape index (κ1) is 15.1. The van der Waals surface area contributed by atoms with Gasteiger partial charge in [-0.1, -0.05) is 69.3 Å². The van der Waals surface area contributed by atoms with Crippen molar-refractivity contribution in [2.24, 2.45) is 5.92 Å². The molecule has 1 heterocycles. The van der Waals surface area contributed by atoms with E-state index < -0.39 is 0 Å². The zero-order valence-corrected chi connectivity index (χ0v) is 13.0. The van der Waals surface area contributed by atoms with Crippen molar-refractivity contribution in [3.8, 4) is 0 Å². The van der Waals surface area contributed by atoms with Gasteiger partial charge in [0.15, 0.2) is 0 Å². The maximum atomic E-state index is 2.60. The van der Waals surface area contributed by atoms with Crippen LogP contribution in [0.15, 0.2) is 54.1 Å². The smallest absolute Gasteiger partial charge is 0.0598 e. The van der Waals surface area contributed by atoms with Gasteiger partial charge < -0.3 is 0 Å². The van der Waals surface area contributed by atoms with Crippen molar-refractivity contribution in [3.63, 3.8) is 0 Å². The van der Waals surface area contributed by atoms with E-state index >= 15 is 0 Å². The van der Waals surface area contributed by atoms with E-state index in [4.69, 9.17) is 0 Å².